The predicted molar refractivity (Wildman–Crippen MR) is 56.4 cm³/mol. The van der Waals surface area contributed by atoms with Gasteiger partial charge < -0.3 is 4.74 Å². The van der Waals surface area contributed by atoms with E-state index in [1.54, 1.807) is 0 Å². The Bertz CT molecular complexity index is 133. The van der Waals surface area contributed by atoms with Crippen LogP contribution in [0.2, 0.25) is 0 Å². The third-order valence-corrected chi connectivity index (χ3v) is 2.62. The van der Waals surface area contributed by atoms with Crippen molar-refractivity contribution in [2.24, 2.45) is 0 Å². The Morgan fingerprint density at radius 1 is 1.23 bits per heavy atom. The molecule has 0 aliphatic carbocycles. The molecule has 1 fully saturated rings. The van der Waals surface area contributed by atoms with Crippen LogP contribution in [0, 0.1) is 0 Å². The maximum Gasteiger partial charge on any atom is 0.0678 e. The minimum atomic E-state index is 0.389. The zero-order valence-electron chi connectivity index (χ0n) is 8.63. The van der Waals surface area contributed by atoms with Gasteiger partial charge in [-0.25, -0.2) is 0 Å². The van der Waals surface area contributed by atoms with Gasteiger partial charge in [-0.3, -0.25) is 4.90 Å². The van der Waals surface area contributed by atoms with E-state index in [9.17, 15) is 0 Å². The third kappa shape index (κ3) is 4.30. The van der Waals surface area contributed by atoms with Crippen LogP contribution >= 0.6 is 11.6 Å². The summed E-state index contributed by atoms with van der Waals surface area (Å²) in [4.78, 5) is 2.48. The lowest BCUT2D eigenvalue weighted by Crippen LogP contribution is -2.45. The maximum absolute atomic E-state index is 5.65. The summed E-state index contributed by atoms with van der Waals surface area (Å²) < 4.78 is 5.65. The molecule has 1 aliphatic heterocycles. The average molecular weight is 206 g/mol. The van der Waals surface area contributed by atoms with Crippen molar-refractivity contribution >= 4 is 11.6 Å². The number of nitrogens with zero attached hydrogens (tertiary/aromatic N) is 1. The number of alkyl halides is 1. The van der Waals surface area contributed by atoms with E-state index < -0.39 is 0 Å². The Morgan fingerprint density at radius 3 is 2.38 bits per heavy atom. The van der Waals surface area contributed by atoms with Gasteiger partial charge in [-0.2, -0.15) is 0 Å². The van der Waals surface area contributed by atoms with Gasteiger partial charge >= 0.3 is 0 Å². The van der Waals surface area contributed by atoms with E-state index >= 15 is 0 Å². The molecule has 0 amide bonds. The molecule has 0 aromatic heterocycles. The van der Waals surface area contributed by atoms with Crippen LogP contribution in [0.4, 0.5) is 0 Å². The second-order valence-electron chi connectivity index (χ2n) is 3.91. The van der Waals surface area contributed by atoms with Gasteiger partial charge in [0.2, 0.25) is 0 Å². The quantitative estimate of drug-likeness (QED) is 0.515. The lowest BCUT2D eigenvalue weighted by molar-refractivity contribution is -0.0680. The fourth-order valence-corrected chi connectivity index (χ4v) is 2.09. The molecule has 1 heterocycles. The second kappa shape index (κ2) is 5.84. The molecule has 2 nitrogen and oxygen atoms in total. The van der Waals surface area contributed by atoms with Crippen LogP contribution in [0.15, 0.2) is 0 Å². The van der Waals surface area contributed by atoms with Crippen LogP contribution in [0.3, 0.4) is 0 Å². The molecule has 3 heteroatoms. The average Bonchev–Trinajstić information content (AvgIpc) is 2.03. The first-order valence-corrected chi connectivity index (χ1v) is 5.69. The topological polar surface area (TPSA) is 12.5 Å². The summed E-state index contributed by atoms with van der Waals surface area (Å²) in [7, 11) is 0. The summed E-state index contributed by atoms with van der Waals surface area (Å²) >= 11 is 5.63. The first kappa shape index (κ1) is 11.3. The molecule has 13 heavy (non-hydrogen) atoms. The number of hydrogen-bond donors (Lipinski definition) is 0. The van der Waals surface area contributed by atoms with Gasteiger partial charge in [-0.15, -0.1) is 11.6 Å². The van der Waals surface area contributed by atoms with Crippen LogP contribution in [0.25, 0.3) is 0 Å². The summed E-state index contributed by atoms with van der Waals surface area (Å²) in [6, 6.07) is 0. The highest BCUT2D eigenvalue weighted by atomic mass is 35.5. The zero-order valence-corrected chi connectivity index (χ0v) is 9.39. The third-order valence-electron chi connectivity index (χ3n) is 2.35. The standard InChI is InChI=1S/C10H20ClNO/c1-9-7-12(6-4-3-5-11)8-10(2)13-9/h9-10H,3-8H2,1-2H3. The Morgan fingerprint density at radius 2 is 1.85 bits per heavy atom. The predicted octanol–water partition coefficient (Wildman–Crippen LogP) is 2.11. The van der Waals surface area contributed by atoms with E-state index in [0.29, 0.717) is 12.2 Å². The smallest absolute Gasteiger partial charge is 0.0678 e. The van der Waals surface area contributed by atoms with Crippen LogP contribution in [-0.2, 0) is 4.74 Å². The van der Waals surface area contributed by atoms with E-state index in [1.807, 2.05) is 0 Å². The molecule has 1 saturated heterocycles. The largest absolute Gasteiger partial charge is 0.373 e. The number of ether oxygens (including phenoxy) is 1. The molecule has 78 valence electrons. The highest BCUT2D eigenvalue weighted by molar-refractivity contribution is 6.17. The van der Waals surface area contributed by atoms with Gasteiger partial charge in [0.1, 0.15) is 0 Å². The van der Waals surface area contributed by atoms with Crippen molar-refractivity contribution in [3.8, 4) is 0 Å². The van der Waals surface area contributed by atoms with Gasteiger partial charge in [0.05, 0.1) is 12.2 Å². The van der Waals surface area contributed by atoms with E-state index in [-0.39, 0.29) is 0 Å². The summed E-state index contributed by atoms with van der Waals surface area (Å²) in [5, 5.41) is 0. The van der Waals surface area contributed by atoms with Crippen molar-refractivity contribution in [3.05, 3.63) is 0 Å². The molecule has 0 bridgehead atoms. The highest BCUT2D eigenvalue weighted by Crippen LogP contribution is 2.11. The van der Waals surface area contributed by atoms with E-state index in [2.05, 4.69) is 18.7 Å². The SMILES string of the molecule is CC1CN(CCCCCl)CC(C)O1. The first-order valence-electron chi connectivity index (χ1n) is 5.16. The highest BCUT2D eigenvalue weighted by Gasteiger charge is 2.21. The fraction of sp³-hybridized carbons (Fsp3) is 1.00. The molecule has 0 spiro atoms. The van der Waals surface area contributed by atoms with Gasteiger partial charge in [-0.05, 0) is 33.2 Å². The molecule has 1 rings (SSSR count). The van der Waals surface area contributed by atoms with Crippen molar-refractivity contribution in [1.29, 1.82) is 0 Å². The second-order valence-corrected chi connectivity index (χ2v) is 4.29. The van der Waals surface area contributed by atoms with Crippen molar-refractivity contribution in [3.63, 3.8) is 0 Å². The van der Waals surface area contributed by atoms with Gasteiger partial charge in [0.15, 0.2) is 0 Å². The van der Waals surface area contributed by atoms with Crippen molar-refractivity contribution < 1.29 is 4.74 Å². The molecule has 0 aromatic carbocycles. The Hall–Kier alpha value is 0.210. The van der Waals surface area contributed by atoms with Crippen molar-refractivity contribution in [2.75, 3.05) is 25.5 Å². The molecule has 0 radical (unpaired) electrons. The van der Waals surface area contributed by atoms with Gasteiger partial charge in [-0.1, -0.05) is 0 Å². The number of unbranched alkanes of at least 4 members (excludes halogenated alkanes) is 1. The van der Waals surface area contributed by atoms with Crippen molar-refractivity contribution in [2.45, 2.75) is 38.9 Å². The molecule has 0 saturated carbocycles. The van der Waals surface area contributed by atoms with Gasteiger partial charge in [0, 0.05) is 19.0 Å². The first-order chi connectivity index (χ1) is 6.22. The number of rotatable bonds is 4. The van der Waals surface area contributed by atoms with Gasteiger partial charge in [0.25, 0.3) is 0 Å². The lowest BCUT2D eigenvalue weighted by atomic mass is 10.2. The molecular weight excluding hydrogens is 186 g/mol. The Kier molecular flexibility index (Phi) is 5.07. The molecule has 2 unspecified atom stereocenters. The Balaban J connectivity index is 2.17. The summed E-state index contributed by atoms with van der Waals surface area (Å²) in [6.07, 6.45) is 3.12. The molecule has 1 aliphatic rings. The number of halogens is 1. The Labute approximate surface area is 86.2 Å². The minimum Gasteiger partial charge on any atom is -0.373 e. The van der Waals surface area contributed by atoms with Crippen LogP contribution in [-0.4, -0.2) is 42.6 Å². The maximum atomic E-state index is 5.65. The van der Waals surface area contributed by atoms with Crippen LogP contribution < -0.4 is 0 Å². The lowest BCUT2D eigenvalue weighted by Gasteiger charge is -2.35. The monoisotopic (exact) mass is 205 g/mol. The molecule has 0 N–H and O–H groups in total. The normalized spacial score (nSPS) is 30.7. The summed E-state index contributed by atoms with van der Waals surface area (Å²) in [5.41, 5.74) is 0. The number of hydrogen-bond acceptors (Lipinski definition) is 2. The molecule has 0 aromatic rings. The van der Waals surface area contributed by atoms with Crippen molar-refractivity contribution in [1.82, 2.24) is 4.90 Å². The molecule has 2 atom stereocenters. The summed E-state index contributed by atoms with van der Waals surface area (Å²) in [5.74, 6) is 0.787. The molecular formula is C10H20ClNO. The van der Waals surface area contributed by atoms with E-state index in [4.69, 9.17) is 16.3 Å². The number of morpholine rings is 1. The van der Waals surface area contributed by atoms with E-state index in [0.717, 1.165) is 25.4 Å². The van der Waals surface area contributed by atoms with Crippen LogP contribution in [0.5, 0.6) is 0 Å². The summed E-state index contributed by atoms with van der Waals surface area (Å²) in [6.45, 7) is 7.61. The minimum absolute atomic E-state index is 0.389. The van der Waals surface area contributed by atoms with E-state index in [1.165, 1.54) is 13.0 Å². The zero-order chi connectivity index (χ0) is 9.68. The fourth-order valence-electron chi connectivity index (χ4n) is 1.90. The van der Waals surface area contributed by atoms with Crippen LogP contribution in [0.1, 0.15) is 26.7 Å².